The summed E-state index contributed by atoms with van der Waals surface area (Å²) in [5.41, 5.74) is 11.0. The molecule has 0 fully saturated rings. The van der Waals surface area contributed by atoms with Gasteiger partial charge in [-0.05, 0) is 36.1 Å². The third-order valence-corrected chi connectivity index (χ3v) is 5.84. The summed E-state index contributed by atoms with van der Waals surface area (Å²) in [5.74, 6) is -4.86. The number of carbonyl (C=O) groups excluding carboxylic acids is 1. The first-order valence-electron chi connectivity index (χ1n) is 13.2. The van der Waals surface area contributed by atoms with Crippen LogP contribution in [0.25, 0.3) is 0 Å². The summed E-state index contributed by atoms with van der Waals surface area (Å²) in [6, 6.07) is 15.8. The molecule has 0 saturated heterocycles. The SMILES string of the molecule is CCOC(=O)c1cn(Cc2cccc(C(=N)N)c2)cc1Cc1ccc(C2=NCCN2)cc1.O=C(O)C(F)(F)F.O=C(O)C(F)(F)F. The number of hydrogen-bond donors (Lipinski definition) is 5. The van der Waals surface area contributed by atoms with Crippen molar-refractivity contribution in [2.75, 3.05) is 19.7 Å². The van der Waals surface area contributed by atoms with Crippen LogP contribution in [0.2, 0.25) is 0 Å². The molecule has 4 rings (SSSR count). The Morgan fingerprint density at radius 1 is 0.978 bits per heavy atom. The molecule has 17 heteroatoms. The van der Waals surface area contributed by atoms with E-state index in [4.69, 9.17) is 35.7 Å². The van der Waals surface area contributed by atoms with Crippen molar-refractivity contribution >= 4 is 29.6 Å². The first-order valence-corrected chi connectivity index (χ1v) is 13.2. The van der Waals surface area contributed by atoms with Crippen molar-refractivity contribution in [3.8, 4) is 0 Å². The number of carboxylic acid groups (broad SMARTS) is 2. The van der Waals surface area contributed by atoms with E-state index in [0.29, 0.717) is 30.7 Å². The van der Waals surface area contributed by atoms with Gasteiger partial charge in [0, 0.05) is 36.6 Å². The number of nitrogens with one attached hydrogen (secondary N) is 2. The molecular formula is C29H29F6N5O6. The number of nitrogen functional groups attached to an aromatic ring is 1. The number of alkyl halides is 6. The third kappa shape index (κ3) is 11.6. The van der Waals surface area contributed by atoms with Crippen molar-refractivity contribution in [3.63, 3.8) is 0 Å². The van der Waals surface area contributed by atoms with Crippen LogP contribution < -0.4 is 11.1 Å². The summed E-state index contributed by atoms with van der Waals surface area (Å²) in [6.07, 6.45) is -5.72. The Morgan fingerprint density at radius 3 is 2.04 bits per heavy atom. The fourth-order valence-corrected chi connectivity index (χ4v) is 3.82. The second-order valence-corrected chi connectivity index (χ2v) is 9.34. The molecule has 1 aromatic heterocycles. The number of carbonyl (C=O) groups is 3. The van der Waals surface area contributed by atoms with Crippen molar-refractivity contribution < 1.29 is 55.7 Å². The van der Waals surface area contributed by atoms with Gasteiger partial charge >= 0.3 is 30.3 Å². The van der Waals surface area contributed by atoms with Crippen LogP contribution in [0.5, 0.6) is 0 Å². The van der Waals surface area contributed by atoms with Crippen molar-refractivity contribution in [2.24, 2.45) is 10.7 Å². The van der Waals surface area contributed by atoms with Crippen molar-refractivity contribution in [2.45, 2.75) is 32.2 Å². The van der Waals surface area contributed by atoms with E-state index in [2.05, 4.69) is 34.6 Å². The number of nitrogens with two attached hydrogens (primary N) is 1. The molecule has 1 aliphatic heterocycles. The van der Waals surface area contributed by atoms with Crippen LogP contribution in [-0.4, -0.2) is 76.4 Å². The summed E-state index contributed by atoms with van der Waals surface area (Å²) >= 11 is 0. The first-order chi connectivity index (χ1) is 21.4. The molecule has 0 bridgehead atoms. The number of aliphatic imine (C=N–C) groups is 1. The molecule has 2 heterocycles. The monoisotopic (exact) mass is 657 g/mol. The molecule has 1 aliphatic rings. The lowest BCUT2D eigenvalue weighted by atomic mass is 10.0. The number of nitrogens with zero attached hydrogens (tertiary/aromatic N) is 2. The minimum Gasteiger partial charge on any atom is -0.475 e. The van der Waals surface area contributed by atoms with Gasteiger partial charge < -0.3 is 30.6 Å². The van der Waals surface area contributed by atoms with E-state index >= 15 is 0 Å². The molecular weight excluding hydrogens is 628 g/mol. The quantitative estimate of drug-likeness (QED) is 0.103. The number of ether oxygens (including phenoxy) is 1. The van der Waals surface area contributed by atoms with Gasteiger partial charge in [-0.2, -0.15) is 26.3 Å². The van der Waals surface area contributed by atoms with Crippen LogP contribution in [0.4, 0.5) is 26.3 Å². The van der Waals surface area contributed by atoms with E-state index in [1.54, 1.807) is 6.92 Å². The van der Waals surface area contributed by atoms with Gasteiger partial charge in [0.25, 0.3) is 0 Å². The van der Waals surface area contributed by atoms with Gasteiger partial charge in [-0.15, -0.1) is 0 Å². The highest BCUT2D eigenvalue weighted by Crippen LogP contribution is 2.20. The second-order valence-electron chi connectivity index (χ2n) is 9.34. The maximum absolute atomic E-state index is 12.6. The van der Waals surface area contributed by atoms with Gasteiger partial charge in [-0.3, -0.25) is 10.4 Å². The number of aromatic nitrogens is 1. The average Bonchev–Trinajstić information content (AvgIpc) is 3.64. The summed E-state index contributed by atoms with van der Waals surface area (Å²) in [5, 5.41) is 25.2. The Hall–Kier alpha value is -5.35. The number of carboxylic acids is 2. The molecule has 2 aromatic carbocycles. The largest absolute Gasteiger partial charge is 0.490 e. The van der Waals surface area contributed by atoms with E-state index in [-0.39, 0.29) is 11.8 Å². The standard InChI is InChI=1S/C25H27N5O2.2C2HF3O2/c1-2-32-25(31)22-16-30(14-18-4-3-5-20(13-18)23(26)27)15-21(22)12-17-6-8-19(9-7-17)24-28-10-11-29-24;2*3-2(4,5)1(6)7/h3-9,13,15-16H,2,10-12,14H2,1H3,(H3,26,27)(H,28,29);2*(H,6,7). The van der Waals surface area contributed by atoms with Crippen molar-refractivity contribution in [1.82, 2.24) is 9.88 Å². The van der Waals surface area contributed by atoms with E-state index in [1.807, 2.05) is 41.2 Å². The zero-order valence-corrected chi connectivity index (χ0v) is 24.1. The first kappa shape index (κ1) is 36.8. The molecule has 248 valence electrons. The molecule has 0 spiro atoms. The molecule has 3 aromatic rings. The molecule has 0 amide bonds. The van der Waals surface area contributed by atoms with Gasteiger partial charge in [-0.1, -0.05) is 42.5 Å². The van der Waals surface area contributed by atoms with Crippen LogP contribution in [0.1, 0.15) is 45.1 Å². The fourth-order valence-electron chi connectivity index (χ4n) is 3.82. The fraction of sp³-hybridized carbons (Fsp3) is 0.276. The van der Waals surface area contributed by atoms with Crippen LogP contribution in [-0.2, 0) is 27.3 Å². The Morgan fingerprint density at radius 2 is 1.57 bits per heavy atom. The zero-order valence-electron chi connectivity index (χ0n) is 24.1. The smallest absolute Gasteiger partial charge is 0.475 e. The molecule has 0 radical (unpaired) electrons. The summed E-state index contributed by atoms with van der Waals surface area (Å²) < 4.78 is 70.7. The molecule has 46 heavy (non-hydrogen) atoms. The Bertz CT molecular complexity index is 1540. The number of rotatable bonds is 8. The maximum Gasteiger partial charge on any atom is 0.490 e. The lowest BCUT2D eigenvalue weighted by molar-refractivity contribution is -0.193. The number of halogens is 6. The Labute approximate surface area is 257 Å². The van der Waals surface area contributed by atoms with Gasteiger partial charge in [-0.25, -0.2) is 14.4 Å². The summed E-state index contributed by atoms with van der Waals surface area (Å²) in [4.78, 5) is 34.8. The lowest BCUT2D eigenvalue weighted by Crippen LogP contribution is -2.21. The number of benzene rings is 2. The van der Waals surface area contributed by atoms with Gasteiger partial charge in [0.2, 0.25) is 0 Å². The predicted molar refractivity (Wildman–Crippen MR) is 153 cm³/mol. The maximum atomic E-state index is 12.6. The summed E-state index contributed by atoms with van der Waals surface area (Å²) in [7, 11) is 0. The summed E-state index contributed by atoms with van der Waals surface area (Å²) in [6.45, 7) is 4.39. The molecule has 0 saturated carbocycles. The van der Waals surface area contributed by atoms with Gasteiger partial charge in [0.05, 0.1) is 18.7 Å². The van der Waals surface area contributed by atoms with Gasteiger partial charge in [0.15, 0.2) is 0 Å². The van der Waals surface area contributed by atoms with Crippen LogP contribution >= 0.6 is 0 Å². The molecule has 0 aliphatic carbocycles. The topological polar surface area (TPSA) is 180 Å². The minimum atomic E-state index is -5.08. The Kier molecular flexibility index (Phi) is 12.9. The predicted octanol–water partition coefficient (Wildman–Crippen LogP) is 4.20. The van der Waals surface area contributed by atoms with Crippen LogP contribution in [0.3, 0.4) is 0 Å². The number of hydrogen-bond acceptors (Lipinski definition) is 7. The van der Waals surface area contributed by atoms with E-state index in [1.165, 1.54) is 0 Å². The number of aliphatic carboxylic acids is 2. The average molecular weight is 658 g/mol. The second kappa shape index (κ2) is 16.1. The van der Waals surface area contributed by atoms with E-state index < -0.39 is 24.3 Å². The zero-order chi connectivity index (χ0) is 34.7. The molecule has 11 nitrogen and oxygen atoms in total. The van der Waals surface area contributed by atoms with Crippen molar-refractivity contribution in [1.29, 1.82) is 5.41 Å². The molecule has 0 atom stereocenters. The number of esters is 1. The third-order valence-electron chi connectivity index (χ3n) is 5.84. The highest BCUT2D eigenvalue weighted by molar-refractivity contribution is 5.99. The Balaban J connectivity index is 0.000000440. The lowest BCUT2D eigenvalue weighted by Gasteiger charge is -2.06. The highest BCUT2D eigenvalue weighted by atomic mass is 19.4. The molecule has 6 N–H and O–H groups in total. The van der Waals surface area contributed by atoms with Crippen LogP contribution in [0, 0.1) is 5.41 Å². The molecule has 0 unspecified atom stereocenters. The van der Waals surface area contributed by atoms with E-state index in [0.717, 1.165) is 41.2 Å². The van der Waals surface area contributed by atoms with Crippen LogP contribution in [0.15, 0.2) is 65.9 Å². The van der Waals surface area contributed by atoms with Gasteiger partial charge in [0.1, 0.15) is 11.7 Å². The number of amidine groups is 2. The highest BCUT2D eigenvalue weighted by Gasteiger charge is 2.38. The minimum absolute atomic E-state index is 0.0365. The van der Waals surface area contributed by atoms with E-state index in [9.17, 15) is 31.1 Å². The normalized spacial score (nSPS) is 12.4. The van der Waals surface area contributed by atoms with Crippen molar-refractivity contribution in [3.05, 3.63) is 94.3 Å².